The third-order valence-electron chi connectivity index (χ3n) is 8.67. The highest BCUT2D eigenvalue weighted by atomic mass is 35.5. The molecule has 3 saturated heterocycles. The van der Waals surface area contributed by atoms with Gasteiger partial charge in [0.05, 0.1) is 17.1 Å². The number of halogens is 5. The smallest absolute Gasteiger partial charge is 0.261 e. The SMILES string of the molecule is C=CC(=O)N1C[C@H](C)N(c2nc(N3CC(N4CCC(F)(F)C4)C3)nc3c(F)c(-c4c(O)cccc4F)c(Cl)cc23)C[C@H]1C. The summed E-state index contributed by atoms with van der Waals surface area (Å²) in [5.41, 5.74) is -0.835. The van der Waals surface area contributed by atoms with E-state index in [4.69, 9.17) is 16.6 Å². The van der Waals surface area contributed by atoms with Crippen LogP contribution in [0.2, 0.25) is 5.02 Å². The molecule has 2 aromatic carbocycles. The number of piperazine rings is 1. The second kappa shape index (κ2) is 10.8. The Morgan fingerprint density at radius 3 is 2.51 bits per heavy atom. The van der Waals surface area contributed by atoms with Crippen LogP contribution >= 0.6 is 11.6 Å². The van der Waals surface area contributed by atoms with Crippen molar-refractivity contribution in [2.24, 2.45) is 0 Å². The first-order valence-electron chi connectivity index (χ1n) is 14.1. The number of benzene rings is 2. The molecule has 1 aromatic heterocycles. The van der Waals surface area contributed by atoms with Crippen LogP contribution in [0.15, 0.2) is 36.9 Å². The number of carbonyl (C=O) groups excluding carboxylic acids is 1. The van der Waals surface area contributed by atoms with Gasteiger partial charge < -0.3 is 19.8 Å². The minimum absolute atomic E-state index is 0.121. The summed E-state index contributed by atoms with van der Waals surface area (Å²) in [5, 5.41) is 10.6. The van der Waals surface area contributed by atoms with Gasteiger partial charge in [-0.1, -0.05) is 24.2 Å². The van der Waals surface area contributed by atoms with E-state index in [0.29, 0.717) is 38.5 Å². The monoisotopic (exact) mass is 618 g/mol. The van der Waals surface area contributed by atoms with Crippen LogP contribution < -0.4 is 9.80 Å². The van der Waals surface area contributed by atoms with E-state index in [2.05, 4.69) is 11.6 Å². The second-order valence-corrected chi connectivity index (χ2v) is 12.0. The van der Waals surface area contributed by atoms with Crippen LogP contribution in [0.4, 0.5) is 29.3 Å². The van der Waals surface area contributed by atoms with Gasteiger partial charge in [0, 0.05) is 68.2 Å². The molecule has 43 heavy (non-hydrogen) atoms. The van der Waals surface area contributed by atoms with Crippen molar-refractivity contribution in [1.82, 2.24) is 19.8 Å². The molecule has 0 aliphatic carbocycles. The highest BCUT2D eigenvalue weighted by Gasteiger charge is 2.45. The Morgan fingerprint density at radius 1 is 1.12 bits per heavy atom. The van der Waals surface area contributed by atoms with E-state index in [-0.39, 0.29) is 70.0 Å². The van der Waals surface area contributed by atoms with Gasteiger partial charge in [0.1, 0.15) is 22.9 Å². The summed E-state index contributed by atoms with van der Waals surface area (Å²) in [6, 6.07) is 4.52. The van der Waals surface area contributed by atoms with Crippen molar-refractivity contribution in [3.63, 3.8) is 0 Å². The molecule has 3 fully saturated rings. The highest BCUT2D eigenvalue weighted by Crippen LogP contribution is 2.43. The number of hydrogen-bond donors (Lipinski definition) is 1. The summed E-state index contributed by atoms with van der Waals surface area (Å²) in [5.74, 6) is -4.60. The van der Waals surface area contributed by atoms with Gasteiger partial charge in [0.15, 0.2) is 5.82 Å². The predicted octanol–water partition coefficient (Wildman–Crippen LogP) is 5.08. The van der Waals surface area contributed by atoms with E-state index in [1.165, 1.54) is 24.3 Å². The molecule has 1 amide bonds. The van der Waals surface area contributed by atoms with Gasteiger partial charge in [-0.25, -0.2) is 22.5 Å². The molecular weight excluding hydrogens is 588 g/mol. The average Bonchev–Trinajstić information content (AvgIpc) is 3.28. The maximum Gasteiger partial charge on any atom is 0.261 e. The molecule has 1 N–H and O–H groups in total. The van der Waals surface area contributed by atoms with Crippen molar-refractivity contribution in [2.45, 2.75) is 44.3 Å². The van der Waals surface area contributed by atoms with Crippen LogP contribution in [0.3, 0.4) is 0 Å². The highest BCUT2D eigenvalue weighted by molar-refractivity contribution is 6.34. The van der Waals surface area contributed by atoms with Crippen molar-refractivity contribution in [1.29, 1.82) is 0 Å². The Kier molecular flexibility index (Phi) is 7.40. The predicted molar refractivity (Wildman–Crippen MR) is 157 cm³/mol. The lowest BCUT2D eigenvalue weighted by atomic mass is 10.00. The lowest BCUT2D eigenvalue weighted by Crippen LogP contribution is -2.60. The number of anilines is 2. The van der Waals surface area contributed by atoms with Crippen LogP contribution in [0.1, 0.15) is 20.3 Å². The van der Waals surface area contributed by atoms with Crippen LogP contribution in [-0.2, 0) is 4.79 Å². The van der Waals surface area contributed by atoms with Gasteiger partial charge >= 0.3 is 0 Å². The number of carbonyl (C=O) groups is 1. The molecular formula is C30H31ClF4N6O2. The molecule has 3 aliphatic rings. The molecule has 4 heterocycles. The number of hydrogen-bond acceptors (Lipinski definition) is 7. The standard InChI is InChI=1S/C30H31ClF4N6O2/c1-4-23(43)40-11-17(3)41(12-16(40)2)28-19-10-20(31)24(25-21(32)6-5-7-22(25)42)26(33)27(19)36-29(37-28)39-13-18(14-39)38-9-8-30(34,35)15-38/h4-7,10,16-18,42H,1,8-9,11-15H2,2-3H3/t16-,17+/m1/s1. The fourth-order valence-electron chi connectivity index (χ4n) is 6.29. The van der Waals surface area contributed by atoms with Crippen molar-refractivity contribution >= 4 is 40.2 Å². The summed E-state index contributed by atoms with van der Waals surface area (Å²) in [4.78, 5) is 29.0. The number of alkyl halides is 2. The maximum atomic E-state index is 16.4. The molecule has 0 radical (unpaired) electrons. The minimum atomic E-state index is -2.72. The first-order valence-corrected chi connectivity index (χ1v) is 14.5. The number of nitrogens with zero attached hydrogens (tertiary/aromatic N) is 6. The largest absolute Gasteiger partial charge is 0.507 e. The number of rotatable bonds is 5. The van der Waals surface area contributed by atoms with Gasteiger partial charge in [0.2, 0.25) is 11.9 Å². The molecule has 0 spiro atoms. The first kappa shape index (κ1) is 29.4. The minimum Gasteiger partial charge on any atom is -0.507 e. The summed E-state index contributed by atoms with van der Waals surface area (Å²) in [6.45, 7) is 8.88. The van der Waals surface area contributed by atoms with Gasteiger partial charge in [0.25, 0.3) is 5.92 Å². The summed E-state index contributed by atoms with van der Waals surface area (Å²) >= 11 is 6.57. The molecule has 8 nitrogen and oxygen atoms in total. The van der Waals surface area contributed by atoms with E-state index in [1.807, 2.05) is 18.7 Å². The Morgan fingerprint density at radius 2 is 1.86 bits per heavy atom. The molecule has 13 heteroatoms. The number of aromatic nitrogens is 2. The Balaban J connectivity index is 1.45. The van der Waals surface area contributed by atoms with Crippen molar-refractivity contribution in [3.8, 4) is 16.9 Å². The van der Waals surface area contributed by atoms with Gasteiger partial charge in [-0.3, -0.25) is 9.69 Å². The molecule has 3 aromatic rings. The fraction of sp³-hybridized carbons (Fsp3) is 0.433. The average molecular weight is 619 g/mol. The lowest BCUT2D eigenvalue weighted by Gasteiger charge is -2.46. The van der Waals surface area contributed by atoms with Gasteiger partial charge in [-0.05, 0) is 38.1 Å². The van der Waals surface area contributed by atoms with E-state index >= 15 is 4.39 Å². The molecule has 228 valence electrons. The molecule has 3 aliphatic heterocycles. The zero-order valence-corrected chi connectivity index (χ0v) is 24.5. The molecule has 6 rings (SSSR count). The third-order valence-corrected chi connectivity index (χ3v) is 8.97. The first-order chi connectivity index (χ1) is 20.4. The molecule has 2 atom stereocenters. The number of aromatic hydroxyl groups is 1. The normalized spacial score (nSPS) is 22.7. The van der Waals surface area contributed by atoms with Crippen LogP contribution in [0, 0.1) is 11.6 Å². The Bertz CT molecular complexity index is 1600. The Hall–Kier alpha value is -3.64. The summed E-state index contributed by atoms with van der Waals surface area (Å²) < 4.78 is 59.0. The van der Waals surface area contributed by atoms with E-state index in [0.717, 1.165) is 6.07 Å². The number of phenols is 1. The molecule has 0 bridgehead atoms. The lowest BCUT2D eigenvalue weighted by molar-refractivity contribution is -0.128. The second-order valence-electron chi connectivity index (χ2n) is 11.6. The van der Waals surface area contributed by atoms with E-state index < -0.39 is 23.3 Å². The number of amides is 1. The fourth-order valence-corrected chi connectivity index (χ4v) is 6.57. The third kappa shape index (κ3) is 5.14. The molecule has 0 saturated carbocycles. The van der Waals surface area contributed by atoms with Crippen molar-refractivity contribution < 1.29 is 27.5 Å². The number of likely N-dealkylation sites (tertiary alicyclic amines) is 1. The number of fused-ring (bicyclic) bond motifs is 1. The maximum absolute atomic E-state index is 16.4. The van der Waals surface area contributed by atoms with E-state index in [9.17, 15) is 23.1 Å². The topological polar surface area (TPSA) is 76.0 Å². The zero-order chi connectivity index (χ0) is 30.8. The van der Waals surface area contributed by atoms with Crippen LogP contribution in [0.5, 0.6) is 5.75 Å². The Labute approximate surface area is 251 Å². The summed E-state index contributed by atoms with van der Waals surface area (Å²) in [6.07, 6.45) is 1.08. The zero-order valence-electron chi connectivity index (χ0n) is 23.7. The number of phenolic OH excluding ortho intramolecular Hbond substituents is 1. The van der Waals surface area contributed by atoms with E-state index in [1.54, 1.807) is 14.7 Å². The van der Waals surface area contributed by atoms with Crippen LogP contribution in [-0.4, -0.2) is 94.1 Å². The van der Waals surface area contributed by atoms with Crippen molar-refractivity contribution in [2.75, 3.05) is 49.1 Å². The summed E-state index contributed by atoms with van der Waals surface area (Å²) in [7, 11) is 0. The van der Waals surface area contributed by atoms with Crippen molar-refractivity contribution in [3.05, 3.63) is 53.6 Å². The van der Waals surface area contributed by atoms with Gasteiger partial charge in [-0.2, -0.15) is 4.98 Å². The molecule has 0 unspecified atom stereocenters. The van der Waals surface area contributed by atoms with Crippen LogP contribution in [0.25, 0.3) is 22.0 Å². The van der Waals surface area contributed by atoms with Gasteiger partial charge in [-0.15, -0.1) is 0 Å². The quantitative estimate of drug-likeness (QED) is 0.316.